The van der Waals surface area contributed by atoms with Crippen LogP contribution >= 0.6 is 7.60 Å². The van der Waals surface area contributed by atoms with E-state index in [1.165, 1.54) is 6.08 Å². The summed E-state index contributed by atoms with van der Waals surface area (Å²) >= 11 is 0. The molecule has 0 aromatic rings. The van der Waals surface area contributed by atoms with Gasteiger partial charge in [0.15, 0.2) is 0 Å². The van der Waals surface area contributed by atoms with Crippen LogP contribution in [0.5, 0.6) is 0 Å². The van der Waals surface area contributed by atoms with Gasteiger partial charge in [-0.15, -0.1) is 0 Å². The summed E-state index contributed by atoms with van der Waals surface area (Å²) in [5.41, 5.74) is 0. The molecule has 1 heterocycles. The van der Waals surface area contributed by atoms with Crippen LogP contribution in [-0.2, 0) is 9.36 Å². The lowest BCUT2D eigenvalue weighted by atomic mass is 10.2. The van der Waals surface area contributed by atoms with E-state index in [0.717, 1.165) is 25.2 Å². The maximum absolute atomic E-state index is 11.4. The fourth-order valence-corrected chi connectivity index (χ4v) is 1.76. The third-order valence-corrected chi connectivity index (χ3v) is 2.67. The molecule has 1 rings (SSSR count). The van der Waals surface area contributed by atoms with Crippen molar-refractivity contribution >= 4 is 13.5 Å². The number of carbonyl (C=O) groups excluding carboxylic acids is 1. The molecule has 15 heavy (non-hydrogen) atoms. The van der Waals surface area contributed by atoms with Gasteiger partial charge in [0, 0.05) is 12.4 Å². The SMILES string of the molecule is O=C(NCC=CP(=O)(O)O)[C@@H]1CCCN1. The first kappa shape index (κ1) is 12.4. The lowest BCUT2D eigenvalue weighted by Crippen LogP contribution is -2.40. The number of nitrogens with one attached hydrogen (secondary N) is 2. The normalized spacial score (nSPS) is 22.1. The van der Waals surface area contributed by atoms with Crippen molar-refractivity contribution in [3.05, 3.63) is 11.9 Å². The topological polar surface area (TPSA) is 98.7 Å². The van der Waals surface area contributed by atoms with Crippen LogP contribution in [0, 0.1) is 0 Å². The Bertz CT molecular complexity index is 293. The highest BCUT2D eigenvalue weighted by Gasteiger charge is 2.20. The molecule has 1 aliphatic rings. The molecule has 1 fully saturated rings. The van der Waals surface area contributed by atoms with E-state index < -0.39 is 7.60 Å². The minimum atomic E-state index is -4.10. The highest BCUT2D eigenvalue weighted by molar-refractivity contribution is 7.55. The number of carbonyl (C=O) groups is 1. The van der Waals surface area contributed by atoms with Crippen LogP contribution in [0.1, 0.15) is 12.8 Å². The van der Waals surface area contributed by atoms with Crippen LogP contribution in [0.15, 0.2) is 11.9 Å². The van der Waals surface area contributed by atoms with Gasteiger partial charge in [0.1, 0.15) is 0 Å². The van der Waals surface area contributed by atoms with Gasteiger partial charge in [-0.3, -0.25) is 9.36 Å². The highest BCUT2D eigenvalue weighted by Crippen LogP contribution is 2.35. The molecule has 1 aliphatic heterocycles. The third-order valence-electron chi connectivity index (χ3n) is 2.07. The van der Waals surface area contributed by atoms with Gasteiger partial charge in [-0.2, -0.15) is 0 Å². The van der Waals surface area contributed by atoms with Crippen LogP contribution < -0.4 is 10.6 Å². The molecule has 7 heteroatoms. The Kier molecular flexibility index (Phi) is 4.47. The van der Waals surface area contributed by atoms with E-state index in [0.29, 0.717) is 0 Å². The second-order valence-electron chi connectivity index (χ2n) is 3.37. The molecule has 0 spiro atoms. The quantitative estimate of drug-likeness (QED) is 0.494. The van der Waals surface area contributed by atoms with Crippen molar-refractivity contribution < 1.29 is 19.1 Å². The van der Waals surface area contributed by atoms with Gasteiger partial charge in [0.05, 0.1) is 6.04 Å². The van der Waals surface area contributed by atoms with E-state index in [1.54, 1.807) is 0 Å². The van der Waals surface area contributed by atoms with Crippen molar-refractivity contribution in [1.29, 1.82) is 0 Å². The number of hydrogen-bond acceptors (Lipinski definition) is 3. The minimum Gasteiger partial charge on any atom is -0.351 e. The van der Waals surface area contributed by atoms with Gasteiger partial charge in [-0.05, 0) is 19.4 Å². The zero-order valence-electron chi connectivity index (χ0n) is 8.22. The first-order chi connectivity index (χ1) is 6.99. The zero-order chi connectivity index (χ0) is 11.3. The fraction of sp³-hybridized carbons (Fsp3) is 0.625. The van der Waals surface area contributed by atoms with E-state index in [9.17, 15) is 9.36 Å². The Hall–Kier alpha value is -0.680. The van der Waals surface area contributed by atoms with Crippen LogP contribution in [-0.4, -0.2) is 34.8 Å². The molecule has 0 aliphatic carbocycles. The van der Waals surface area contributed by atoms with E-state index in [2.05, 4.69) is 10.6 Å². The maximum atomic E-state index is 11.4. The Labute approximate surface area is 87.9 Å². The molecule has 0 aromatic heterocycles. The van der Waals surface area contributed by atoms with Crippen molar-refractivity contribution in [3.8, 4) is 0 Å². The van der Waals surface area contributed by atoms with Gasteiger partial charge in [0.25, 0.3) is 0 Å². The largest absolute Gasteiger partial charge is 0.351 e. The molecular weight excluding hydrogens is 219 g/mol. The molecule has 0 radical (unpaired) electrons. The Morgan fingerprint density at radius 2 is 2.33 bits per heavy atom. The van der Waals surface area contributed by atoms with E-state index >= 15 is 0 Å². The molecule has 1 atom stereocenters. The van der Waals surface area contributed by atoms with E-state index in [1.807, 2.05) is 0 Å². The average molecular weight is 234 g/mol. The fourth-order valence-electron chi connectivity index (χ4n) is 1.38. The Morgan fingerprint density at radius 1 is 1.60 bits per heavy atom. The van der Waals surface area contributed by atoms with Crippen molar-refractivity contribution in [1.82, 2.24) is 10.6 Å². The van der Waals surface area contributed by atoms with Crippen LogP contribution in [0.4, 0.5) is 0 Å². The zero-order valence-corrected chi connectivity index (χ0v) is 9.11. The lowest BCUT2D eigenvalue weighted by molar-refractivity contribution is -0.122. The highest BCUT2D eigenvalue weighted by atomic mass is 31.2. The standard InChI is InChI=1S/C8H15N2O4P/c11-8(7-3-1-4-9-7)10-5-2-6-15(12,13)14/h2,6-7,9H,1,3-5H2,(H,10,11)(H2,12,13,14)/t7-/m0/s1. The van der Waals surface area contributed by atoms with Gasteiger partial charge in [-0.1, -0.05) is 6.08 Å². The summed E-state index contributed by atoms with van der Waals surface area (Å²) in [6.07, 6.45) is 3.05. The molecule has 1 amide bonds. The average Bonchev–Trinajstić information content (AvgIpc) is 2.63. The summed E-state index contributed by atoms with van der Waals surface area (Å²) in [6, 6.07) is -0.159. The first-order valence-corrected chi connectivity index (χ1v) is 6.41. The molecule has 0 saturated carbocycles. The molecular formula is C8H15N2O4P. The summed E-state index contributed by atoms with van der Waals surface area (Å²) in [5.74, 6) is 0.665. The Balaban J connectivity index is 2.22. The molecule has 1 saturated heterocycles. The number of rotatable bonds is 4. The lowest BCUT2D eigenvalue weighted by Gasteiger charge is -2.08. The summed E-state index contributed by atoms with van der Waals surface area (Å²) in [4.78, 5) is 28.4. The van der Waals surface area contributed by atoms with Crippen LogP contribution in [0.2, 0.25) is 0 Å². The van der Waals surface area contributed by atoms with Crippen LogP contribution in [0.25, 0.3) is 0 Å². The molecule has 0 bridgehead atoms. The van der Waals surface area contributed by atoms with Crippen molar-refractivity contribution in [2.24, 2.45) is 0 Å². The van der Waals surface area contributed by atoms with Gasteiger partial charge in [0.2, 0.25) is 5.91 Å². The molecule has 6 nitrogen and oxygen atoms in total. The van der Waals surface area contributed by atoms with E-state index in [-0.39, 0.29) is 18.5 Å². The second kappa shape index (κ2) is 5.42. The van der Waals surface area contributed by atoms with Gasteiger partial charge in [-0.25, -0.2) is 0 Å². The number of hydrogen-bond donors (Lipinski definition) is 4. The van der Waals surface area contributed by atoms with Crippen LogP contribution in [0.3, 0.4) is 0 Å². The molecule has 86 valence electrons. The van der Waals surface area contributed by atoms with Gasteiger partial charge >= 0.3 is 7.60 Å². The predicted octanol–water partition coefficient (Wildman–Crippen LogP) is -0.454. The molecule has 4 N–H and O–H groups in total. The predicted molar refractivity (Wildman–Crippen MR) is 55.2 cm³/mol. The minimum absolute atomic E-state index is 0.122. The summed E-state index contributed by atoms with van der Waals surface area (Å²) in [5, 5.41) is 5.59. The van der Waals surface area contributed by atoms with Crippen molar-refractivity contribution in [2.75, 3.05) is 13.1 Å². The summed E-state index contributed by atoms with van der Waals surface area (Å²) in [7, 11) is -4.10. The van der Waals surface area contributed by atoms with E-state index in [4.69, 9.17) is 9.79 Å². The van der Waals surface area contributed by atoms with Gasteiger partial charge < -0.3 is 20.4 Å². The number of amides is 1. The first-order valence-electron chi connectivity index (χ1n) is 4.73. The third kappa shape index (κ3) is 5.09. The second-order valence-corrected chi connectivity index (χ2v) is 4.84. The Morgan fingerprint density at radius 3 is 2.87 bits per heavy atom. The summed E-state index contributed by atoms with van der Waals surface area (Å²) < 4.78 is 10.4. The molecule has 0 unspecified atom stereocenters. The molecule has 0 aromatic carbocycles. The monoisotopic (exact) mass is 234 g/mol. The van der Waals surface area contributed by atoms with Crippen molar-refractivity contribution in [2.45, 2.75) is 18.9 Å². The maximum Gasteiger partial charge on any atom is 0.348 e. The smallest absolute Gasteiger partial charge is 0.348 e. The van der Waals surface area contributed by atoms with Crippen molar-refractivity contribution in [3.63, 3.8) is 0 Å². The summed E-state index contributed by atoms with van der Waals surface area (Å²) in [6.45, 7) is 0.985.